The highest BCUT2D eigenvalue weighted by molar-refractivity contribution is 5.99. The van der Waals surface area contributed by atoms with E-state index in [0.29, 0.717) is 11.1 Å². The van der Waals surface area contributed by atoms with Gasteiger partial charge in [-0.05, 0) is 44.5 Å². The number of hydrogen-bond donors (Lipinski definition) is 2. The highest BCUT2D eigenvalue weighted by Crippen LogP contribution is 2.10. The van der Waals surface area contributed by atoms with Crippen molar-refractivity contribution in [2.75, 3.05) is 0 Å². The van der Waals surface area contributed by atoms with E-state index in [1.165, 1.54) is 6.20 Å². The highest BCUT2D eigenvalue weighted by Gasteiger charge is 2.11. The molecule has 1 heterocycles. The number of hydrazine groups is 1. The maximum Gasteiger partial charge on any atom is 0.271 e. The Morgan fingerprint density at radius 1 is 0.952 bits per heavy atom. The molecule has 0 radical (unpaired) electrons. The molecule has 0 aliphatic heterocycles. The number of aryl methyl sites for hydroxylation is 3. The standard InChI is InChI=1S/C16H17N3O2/c1-10-4-7-14(11(2)8-10)16(21)19-18-15(20)13-6-5-12(3)17-9-13/h4-9H,1-3H3,(H,18,20)(H,19,21). The molecule has 0 aliphatic rings. The minimum Gasteiger partial charge on any atom is -0.267 e. The van der Waals surface area contributed by atoms with Gasteiger partial charge in [0.2, 0.25) is 0 Å². The molecule has 0 aliphatic carbocycles. The number of nitrogens with zero attached hydrogens (tertiary/aromatic N) is 1. The van der Waals surface area contributed by atoms with E-state index in [0.717, 1.165) is 16.8 Å². The summed E-state index contributed by atoms with van der Waals surface area (Å²) in [6, 6.07) is 8.90. The molecule has 0 atom stereocenters. The van der Waals surface area contributed by atoms with Crippen molar-refractivity contribution in [3.63, 3.8) is 0 Å². The summed E-state index contributed by atoms with van der Waals surface area (Å²) in [7, 11) is 0. The minimum atomic E-state index is -0.402. The van der Waals surface area contributed by atoms with Crippen LogP contribution in [0.5, 0.6) is 0 Å². The third-order valence-corrected chi connectivity index (χ3v) is 3.09. The molecule has 21 heavy (non-hydrogen) atoms. The summed E-state index contributed by atoms with van der Waals surface area (Å²) < 4.78 is 0. The molecular weight excluding hydrogens is 266 g/mol. The zero-order valence-corrected chi connectivity index (χ0v) is 12.2. The van der Waals surface area contributed by atoms with E-state index in [2.05, 4.69) is 15.8 Å². The van der Waals surface area contributed by atoms with Crippen LogP contribution in [0.15, 0.2) is 36.5 Å². The Kier molecular flexibility index (Phi) is 4.33. The van der Waals surface area contributed by atoms with Gasteiger partial charge < -0.3 is 0 Å². The Morgan fingerprint density at radius 3 is 2.29 bits per heavy atom. The van der Waals surface area contributed by atoms with E-state index >= 15 is 0 Å². The minimum absolute atomic E-state index is 0.346. The van der Waals surface area contributed by atoms with Crippen LogP contribution in [0.2, 0.25) is 0 Å². The van der Waals surface area contributed by atoms with E-state index < -0.39 is 5.91 Å². The molecule has 5 nitrogen and oxygen atoms in total. The summed E-state index contributed by atoms with van der Waals surface area (Å²) in [5, 5.41) is 0. The molecule has 1 aromatic heterocycles. The van der Waals surface area contributed by atoms with Gasteiger partial charge in [0.05, 0.1) is 5.56 Å². The van der Waals surface area contributed by atoms with Gasteiger partial charge in [-0.3, -0.25) is 25.4 Å². The molecule has 0 bridgehead atoms. The number of hydrogen-bond acceptors (Lipinski definition) is 3. The van der Waals surface area contributed by atoms with Gasteiger partial charge >= 0.3 is 0 Å². The largest absolute Gasteiger partial charge is 0.271 e. The van der Waals surface area contributed by atoms with Gasteiger partial charge in [-0.1, -0.05) is 17.7 Å². The van der Waals surface area contributed by atoms with Crippen molar-refractivity contribution in [1.82, 2.24) is 15.8 Å². The summed E-state index contributed by atoms with van der Waals surface area (Å²) in [5.41, 5.74) is 8.47. The van der Waals surface area contributed by atoms with Crippen molar-refractivity contribution in [2.24, 2.45) is 0 Å². The van der Waals surface area contributed by atoms with Crippen LogP contribution in [0.1, 0.15) is 37.5 Å². The van der Waals surface area contributed by atoms with Crippen molar-refractivity contribution in [1.29, 1.82) is 0 Å². The monoisotopic (exact) mass is 283 g/mol. The Morgan fingerprint density at radius 2 is 1.67 bits per heavy atom. The van der Waals surface area contributed by atoms with Crippen LogP contribution in [0.3, 0.4) is 0 Å². The topological polar surface area (TPSA) is 71.1 Å². The van der Waals surface area contributed by atoms with Gasteiger partial charge in [0.15, 0.2) is 0 Å². The van der Waals surface area contributed by atoms with Crippen LogP contribution < -0.4 is 10.9 Å². The van der Waals surface area contributed by atoms with Crippen LogP contribution >= 0.6 is 0 Å². The van der Waals surface area contributed by atoms with Crippen molar-refractivity contribution in [3.05, 3.63) is 64.5 Å². The third kappa shape index (κ3) is 3.66. The van der Waals surface area contributed by atoms with Crippen LogP contribution in [0.4, 0.5) is 0 Å². The van der Waals surface area contributed by atoms with Gasteiger partial charge in [0.25, 0.3) is 11.8 Å². The summed E-state index contributed by atoms with van der Waals surface area (Å²) in [4.78, 5) is 27.9. The number of amides is 2. The van der Waals surface area contributed by atoms with Crippen molar-refractivity contribution >= 4 is 11.8 Å². The lowest BCUT2D eigenvalue weighted by atomic mass is 10.1. The summed E-state index contributed by atoms with van der Waals surface area (Å²) >= 11 is 0. The molecule has 0 spiro atoms. The average Bonchev–Trinajstić information content (AvgIpc) is 2.45. The molecule has 5 heteroatoms. The molecule has 108 valence electrons. The number of carbonyl (C=O) groups is 2. The fourth-order valence-corrected chi connectivity index (χ4v) is 1.92. The Balaban J connectivity index is 2.00. The second-order valence-electron chi connectivity index (χ2n) is 4.91. The smallest absolute Gasteiger partial charge is 0.267 e. The SMILES string of the molecule is Cc1ccc(C(=O)NNC(=O)c2ccc(C)nc2)c(C)c1. The zero-order valence-electron chi connectivity index (χ0n) is 12.2. The van der Waals surface area contributed by atoms with E-state index in [1.54, 1.807) is 18.2 Å². The number of carbonyl (C=O) groups excluding carboxylic acids is 2. The number of benzene rings is 1. The molecule has 0 saturated carbocycles. The van der Waals surface area contributed by atoms with Crippen molar-refractivity contribution in [3.8, 4) is 0 Å². The maximum atomic E-state index is 12.0. The fourth-order valence-electron chi connectivity index (χ4n) is 1.92. The average molecular weight is 283 g/mol. The summed E-state index contributed by atoms with van der Waals surface area (Å²) in [5.74, 6) is -0.749. The van der Waals surface area contributed by atoms with E-state index in [1.807, 2.05) is 32.9 Å². The Labute approximate surface area is 123 Å². The molecule has 2 rings (SSSR count). The van der Waals surface area contributed by atoms with Crippen molar-refractivity contribution < 1.29 is 9.59 Å². The molecule has 1 aromatic carbocycles. The number of aromatic nitrogens is 1. The Bertz CT molecular complexity index is 678. The lowest BCUT2D eigenvalue weighted by molar-refractivity contribution is 0.0846. The highest BCUT2D eigenvalue weighted by atomic mass is 16.2. The molecule has 0 unspecified atom stereocenters. The molecule has 2 N–H and O–H groups in total. The molecule has 2 aromatic rings. The van der Waals surface area contributed by atoms with Crippen LogP contribution in [-0.2, 0) is 0 Å². The number of pyridine rings is 1. The predicted molar refractivity (Wildman–Crippen MR) is 79.8 cm³/mol. The first kappa shape index (κ1) is 14.7. The first-order chi connectivity index (χ1) is 9.97. The second-order valence-corrected chi connectivity index (χ2v) is 4.91. The summed E-state index contributed by atoms with van der Waals surface area (Å²) in [6.45, 7) is 5.65. The van der Waals surface area contributed by atoms with E-state index in [9.17, 15) is 9.59 Å². The van der Waals surface area contributed by atoms with Gasteiger partial charge in [0, 0.05) is 17.5 Å². The molecule has 0 fully saturated rings. The lowest BCUT2D eigenvalue weighted by Gasteiger charge is -2.09. The molecule has 0 saturated heterocycles. The van der Waals surface area contributed by atoms with Gasteiger partial charge in [-0.15, -0.1) is 0 Å². The lowest BCUT2D eigenvalue weighted by Crippen LogP contribution is -2.41. The molecular formula is C16H17N3O2. The van der Waals surface area contributed by atoms with Crippen molar-refractivity contribution in [2.45, 2.75) is 20.8 Å². The van der Waals surface area contributed by atoms with E-state index in [4.69, 9.17) is 0 Å². The first-order valence-corrected chi connectivity index (χ1v) is 6.58. The van der Waals surface area contributed by atoms with Gasteiger partial charge in [0.1, 0.15) is 0 Å². The van der Waals surface area contributed by atoms with Gasteiger partial charge in [-0.2, -0.15) is 0 Å². The number of rotatable bonds is 2. The fraction of sp³-hybridized carbons (Fsp3) is 0.188. The van der Waals surface area contributed by atoms with Crippen LogP contribution in [-0.4, -0.2) is 16.8 Å². The van der Waals surface area contributed by atoms with Crippen LogP contribution in [0, 0.1) is 20.8 Å². The third-order valence-electron chi connectivity index (χ3n) is 3.09. The van der Waals surface area contributed by atoms with Crippen LogP contribution in [0.25, 0.3) is 0 Å². The quantitative estimate of drug-likeness (QED) is 0.829. The normalized spacial score (nSPS) is 10.0. The van der Waals surface area contributed by atoms with E-state index in [-0.39, 0.29) is 5.91 Å². The second kappa shape index (κ2) is 6.17. The summed E-state index contributed by atoms with van der Waals surface area (Å²) in [6.07, 6.45) is 1.47. The molecule has 2 amide bonds. The predicted octanol–water partition coefficient (Wildman–Crippen LogP) is 2.08. The Hall–Kier alpha value is -2.69. The number of nitrogens with one attached hydrogen (secondary N) is 2. The van der Waals surface area contributed by atoms with Gasteiger partial charge in [-0.25, -0.2) is 0 Å². The zero-order chi connectivity index (χ0) is 15.4. The maximum absolute atomic E-state index is 12.0. The first-order valence-electron chi connectivity index (χ1n) is 6.58.